The highest BCUT2D eigenvalue weighted by atomic mass is 19.1. The number of anilines is 1. The molecule has 1 amide bonds. The molecule has 1 aromatic carbocycles. The maximum atomic E-state index is 13.4. The molecule has 0 unspecified atom stereocenters. The number of amides is 1. The fraction of sp³-hybridized carbons (Fsp3) is 0.214. The summed E-state index contributed by atoms with van der Waals surface area (Å²) in [5.74, 6) is -1.77. The number of carbonyl (C=O) groups excluding carboxylic acids is 1. The van der Waals surface area contributed by atoms with Crippen LogP contribution in [-0.2, 0) is 11.3 Å². The standard InChI is InChI=1S/C14H14FN3O3/c1-9-2-3-11(6-12(9)15)17-14(21)10-7-16-18(8-10)5-4-13(19)20/h2-3,6-8H,4-5H2,1H3,(H,17,21)(H,19,20). The Kier molecular flexibility index (Phi) is 4.32. The number of carboxylic acid groups (broad SMARTS) is 1. The first kappa shape index (κ1) is 14.7. The lowest BCUT2D eigenvalue weighted by molar-refractivity contribution is -0.137. The van der Waals surface area contributed by atoms with Crippen LogP contribution in [0.2, 0.25) is 0 Å². The third-order valence-corrected chi connectivity index (χ3v) is 2.88. The molecule has 2 aromatic rings. The SMILES string of the molecule is Cc1ccc(NC(=O)c2cnn(CCC(=O)O)c2)cc1F. The van der Waals surface area contributed by atoms with Crippen molar-refractivity contribution in [3.8, 4) is 0 Å². The van der Waals surface area contributed by atoms with Crippen LogP contribution in [-0.4, -0.2) is 26.8 Å². The van der Waals surface area contributed by atoms with Crippen molar-refractivity contribution in [1.82, 2.24) is 9.78 Å². The van der Waals surface area contributed by atoms with Gasteiger partial charge in [0.25, 0.3) is 5.91 Å². The van der Waals surface area contributed by atoms with Gasteiger partial charge in [-0.1, -0.05) is 6.07 Å². The first-order chi connectivity index (χ1) is 9.95. The molecule has 2 rings (SSSR count). The van der Waals surface area contributed by atoms with Gasteiger partial charge in [0, 0.05) is 11.9 Å². The van der Waals surface area contributed by atoms with Crippen LogP contribution in [0.25, 0.3) is 0 Å². The zero-order valence-corrected chi connectivity index (χ0v) is 11.3. The molecule has 21 heavy (non-hydrogen) atoms. The first-order valence-corrected chi connectivity index (χ1v) is 6.27. The molecular weight excluding hydrogens is 277 g/mol. The van der Waals surface area contributed by atoms with E-state index in [-0.39, 0.29) is 18.5 Å². The molecule has 0 saturated carbocycles. The summed E-state index contributed by atoms with van der Waals surface area (Å²) < 4.78 is 14.8. The van der Waals surface area contributed by atoms with Gasteiger partial charge < -0.3 is 10.4 Å². The summed E-state index contributed by atoms with van der Waals surface area (Å²) in [4.78, 5) is 22.4. The number of aliphatic carboxylic acids is 1. The number of aromatic nitrogens is 2. The molecule has 110 valence electrons. The topological polar surface area (TPSA) is 84.2 Å². The Morgan fingerprint density at radius 1 is 1.43 bits per heavy atom. The van der Waals surface area contributed by atoms with E-state index in [4.69, 9.17) is 5.11 Å². The van der Waals surface area contributed by atoms with Crippen LogP contribution >= 0.6 is 0 Å². The quantitative estimate of drug-likeness (QED) is 0.883. The van der Waals surface area contributed by atoms with Gasteiger partial charge in [-0.2, -0.15) is 5.10 Å². The van der Waals surface area contributed by atoms with E-state index in [2.05, 4.69) is 10.4 Å². The molecule has 2 N–H and O–H groups in total. The van der Waals surface area contributed by atoms with Gasteiger partial charge in [-0.25, -0.2) is 4.39 Å². The molecule has 6 nitrogen and oxygen atoms in total. The van der Waals surface area contributed by atoms with E-state index >= 15 is 0 Å². The second-order valence-electron chi connectivity index (χ2n) is 4.55. The number of hydrogen-bond donors (Lipinski definition) is 2. The van der Waals surface area contributed by atoms with E-state index in [1.165, 1.54) is 23.1 Å². The number of carbonyl (C=O) groups is 2. The summed E-state index contributed by atoms with van der Waals surface area (Å²) in [5, 5.41) is 15.0. The van der Waals surface area contributed by atoms with Crippen LogP contribution in [0.1, 0.15) is 22.3 Å². The number of halogens is 1. The molecule has 0 fully saturated rings. The number of carboxylic acids is 1. The Bertz CT molecular complexity index is 682. The lowest BCUT2D eigenvalue weighted by Crippen LogP contribution is -2.11. The molecule has 0 spiro atoms. The highest BCUT2D eigenvalue weighted by Crippen LogP contribution is 2.14. The van der Waals surface area contributed by atoms with Gasteiger partial charge in [-0.15, -0.1) is 0 Å². The van der Waals surface area contributed by atoms with Crippen LogP contribution in [0.5, 0.6) is 0 Å². The molecule has 1 heterocycles. The van der Waals surface area contributed by atoms with Crippen LogP contribution in [0.15, 0.2) is 30.6 Å². The van der Waals surface area contributed by atoms with Crippen molar-refractivity contribution in [2.75, 3.05) is 5.32 Å². The maximum Gasteiger partial charge on any atom is 0.305 e. The number of hydrogen-bond acceptors (Lipinski definition) is 3. The number of benzene rings is 1. The zero-order chi connectivity index (χ0) is 15.4. The van der Waals surface area contributed by atoms with Gasteiger partial charge in [0.2, 0.25) is 0 Å². The van der Waals surface area contributed by atoms with E-state index in [0.717, 1.165) is 0 Å². The molecule has 0 saturated heterocycles. The van der Waals surface area contributed by atoms with Crippen molar-refractivity contribution in [3.63, 3.8) is 0 Å². The smallest absolute Gasteiger partial charge is 0.305 e. The van der Waals surface area contributed by atoms with Crippen molar-refractivity contribution in [2.45, 2.75) is 19.9 Å². The van der Waals surface area contributed by atoms with E-state index in [0.29, 0.717) is 11.3 Å². The molecule has 0 aliphatic rings. The Labute approximate surface area is 120 Å². The monoisotopic (exact) mass is 291 g/mol. The molecule has 0 radical (unpaired) electrons. The van der Waals surface area contributed by atoms with Gasteiger partial charge in [-0.05, 0) is 24.6 Å². The molecule has 0 aliphatic carbocycles. The van der Waals surface area contributed by atoms with Crippen LogP contribution in [0, 0.1) is 12.7 Å². The highest BCUT2D eigenvalue weighted by molar-refractivity contribution is 6.03. The van der Waals surface area contributed by atoms with Gasteiger partial charge in [0.05, 0.1) is 24.7 Å². The molecule has 0 aliphatic heterocycles. The molecular formula is C14H14FN3O3. The van der Waals surface area contributed by atoms with Crippen molar-refractivity contribution >= 4 is 17.6 Å². The predicted octanol–water partition coefficient (Wildman–Crippen LogP) is 2.06. The molecule has 0 bridgehead atoms. The second-order valence-corrected chi connectivity index (χ2v) is 4.55. The van der Waals surface area contributed by atoms with Gasteiger partial charge >= 0.3 is 5.97 Å². The normalized spacial score (nSPS) is 10.4. The number of nitrogens with one attached hydrogen (secondary N) is 1. The average molecular weight is 291 g/mol. The maximum absolute atomic E-state index is 13.4. The third-order valence-electron chi connectivity index (χ3n) is 2.88. The minimum absolute atomic E-state index is 0.0775. The van der Waals surface area contributed by atoms with Gasteiger partial charge in [0.15, 0.2) is 0 Å². The number of nitrogens with zero attached hydrogens (tertiary/aromatic N) is 2. The fourth-order valence-electron chi connectivity index (χ4n) is 1.69. The number of rotatable bonds is 5. The Balaban J connectivity index is 2.03. The van der Waals surface area contributed by atoms with Crippen molar-refractivity contribution in [1.29, 1.82) is 0 Å². The highest BCUT2D eigenvalue weighted by Gasteiger charge is 2.10. The largest absolute Gasteiger partial charge is 0.481 e. The lowest BCUT2D eigenvalue weighted by Gasteiger charge is -2.04. The van der Waals surface area contributed by atoms with Crippen molar-refractivity contribution in [3.05, 3.63) is 47.5 Å². The molecule has 7 heteroatoms. The summed E-state index contributed by atoms with van der Waals surface area (Å²) in [5.41, 5.74) is 1.12. The Morgan fingerprint density at radius 2 is 2.19 bits per heavy atom. The van der Waals surface area contributed by atoms with E-state index in [9.17, 15) is 14.0 Å². The fourth-order valence-corrected chi connectivity index (χ4v) is 1.69. The molecule has 0 atom stereocenters. The summed E-state index contributed by atoms with van der Waals surface area (Å²) in [6.45, 7) is 1.81. The lowest BCUT2D eigenvalue weighted by atomic mass is 10.2. The number of aryl methyl sites for hydroxylation is 2. The zero-order valence-electron chi connectivity index (χ0n) is 11.3. The second kappa shape index (κ2) is 6.17. The minimum Gasteiger partial charge on any atom is -0.481 e. The Hall–Kier alpha value is -2.70. The van der Waals surface area contributed by atoms with Crippen molar-refractivity contribution < 1.29 is 19.1 Å². The van der Waals surface area contributed by atoms with Gasteiger partial charge in [0.1, 0.15) is 5.82 Å². The summed E-state index contributed by atoms with van der Waals surface area (Å²) >= 11 is 0. The van der Waals surface area contributed by atoms with Crippen LogP contribution in [0.3, 0.4) is 0 Å². The van der Waals surface area contributed by atoms with E-state index < -0.39 is 17.7 Å². The third kappa shape index (κ3) is 3.88. The van der Waals surface area contributed by atoms with Crippen LogP contribution < -0.4 is 5.32 Å². The summed E-state index contributed by atoms with van der Waals surface area (Å²) in [6.07, 6.45) is 2.70. The van der Waals surface area contributed by atoms with Crippen LogP contribution in [0.4, 0.5) is 10.1 Å². The average Bonchev–Trinajstić information content (AvgIpc) is 2.89. The Morgan fingerprint density at radius 3 is 2.86 bits per heavy atom. The van der Waals surface area contributed by atoms with E-state index in [1.807, 2.05) is 0 Å². The van der Waals surface area contributed by atoms with Crippen molar-refractivity contribution in [2.24, 2.45) is 0 Å². The summed E-state index contributed by atoms with van der Waals surface area (Å²) in [6, 6.07) is 4.41. The minimum atomic E-state index is -0.938. The summed E-state index contributed by atoms with van der Waals surface area (Å²) in [7, 11) is 0. The van der Waals surface area contributed by atoms with E-state index in [1.54, 1.807) is 19.1 Å². The first-order valence-electron chi connectivity index (χ1n) is 6.27. The van der Waals surface area contributed by atoms with Gasteiger partial charge in [-0.3, -0.25) is 14.3 Å². The molecule has 1 aromatic heterocycles. The predicted molar refractivity (Wildman–Crippen MR) is 73.6 cm³/mol.